The zero-order chi connectivity index (χ0) is 9.42. The van der Waals surface area contributed by atoms with E-state index in [1.165, 1.54) is 6.07 Å². The first-order chi connectivity index (χ1) is 6.22. The Kier molecular flexibility index (Phi) is 1.77. The Morgan fingerprint density at radius 3 is 3.00 bits per heavy atom. The second-order valence-corrected chi connectivity index (χ2v) is 2.93. The number of hydrogen-bond acceptors (Lipinski definition) is 2. The summed E-state index contributed by atoms with van der Waals surface area (Å²) in [6.07, 6.45) is 1.60. The van der Waals surface area contributed by atoms with E-state index < -0.39 is 0 Å². The molecule has 0 fully saturated rings. The molecular formula is C9H9FN2O. The Bertz CT molecular complexity index is 450. The highest BCUT2D eigenvalue weighted by Crippen LogP contribution is 2.18. The predicted octanol–water partition coefficient (Wildman–Crippen LogP) is 1.20. The molecule has 1 heterocycles. The van der Waals surface area contributed by atoms with Gasteiger partial charge in [0.2, 0.25) is 0 Å². The average Bonchev–Trinajstić information content (AvgIpc) is 2.46. The molecule has 0 aliphatic rings. The summed E-state index contributed by atoms with van der Waals surface area (Å²) in [6, 6.07) is 2.99. The van der Waals surface area contributed by atoms with Crippen LogP contribution in [0.4, 0.5) is 4.39 Å². The van der Waals surface area contributed by atoms with E-state index in [9.17, 15) is 4.39 Å². The lowest BCUT2D eigenvalue weighted by Gasteiger charge is -2.00. The van der Waals surface area contributed by atoms with E-state index in [-0.39, 0.29) is 12.4 Å². The summed E-state index contributed by atoms with van der Waals surface area (Å²) in [7, 11) is 1.78. The van der Waals surface area contributed by atoms with Gasteiger partial charge in [-0.25, -0.2) is 4.39 Å². The van der Waals surface area contributed by atoms with Crippen molar-refractivity contribution in [3.05, 3.63) is 29.7 Å². The van der Waals surface area contributed by atoms with Crippen LogP contribution in [-0.2, 0) is 13.7 Å². The van der Waals surface area contributed by atoms with Crippen LogP contribution in [0, 0.1) is 5.82 Å². The van der Waals surface area contributed by atoms with Crippen LogP contribution in [0.5, 0.6) is 0 Å². The number of aliphatic hydroxyl groups is 1. The molecular weight excluding hydrogens is 171 g/mol. The fourth-order valence-corrected chi connectivity index (χ4v) is 1.34. The summed E-state index contributed by atoms with van der Waals surface area (Å²) < 4.78 is 14.8. The Morgan fingerprint density at radius 1 is 1.54 bits per heavy atom. The van der Waals surface area contributed by atoms with Crippen LogP contribution in [0.2, 0.25) is 0 Å². The second-order valence-electron chi connectivity index (χ2n) is 2.93. The average molecular weight is 180 g/mol. The molecule has 0 saturated heterocycles. The number of aliphatic hydroxyl groups excluding tert-OH is 1. The highest BCUT2D eigenvalue weighted by atomic mass is 19.1. The third-order valence-electron chi connectivity index (χ3n) is 2.08. The van der Waals surface area contributed by atoms with Crippen molar-refractivity contribution >= 4 is 10.9 Å². The zero-order valence-electron chi connectivity index (χ0n) is 7.16. The Labute approximate surface area is 74.4 Å². The molecule has 13 heavy (non-hydrogen) atoms. The highest BCUT2D eigenvalue weighted by molar-refractivity contribution is 5.79. The van der Waals surface area contributed by atoms with Gasteiger partial charge in [0.25, 0.3) is 0 Å². The summed E-state index contributed by atoms with van der Waals surface area (Å²) in [5.41, 5.74) is 1.13. The minimum absolute atomic E-state index is 0.285. The van der Waals surface area contributed by atoms with Gasteiger partial charge in [-0.15, -0.1) is 0 Å². The van der Waals surface area contributed by atoms with Crippen LogP contribution in [0.25, 0.3) is 10.9 Å². The Hall–Kier alpha value is -1.42. The zero-order valence-corrected chi connectivity index (χ0v) is 7.16. The van der Waals surface area contributed by atoms with E-state index in [1.54, 1.807) is 24.0 Å². The SMILES string of the molecule is Cn1ncc2cc(F)c(CO)cc21. The van der Waals surface area contributed by atoms with Gasteiger partial charge in [-0.2, -0.15) is 5.10 Å². The van der Waals surface area contributed by atoms with Gasteiger partial charge in [-0.3, -0.25) is 4.68 Å². The maximum atomic E-state index is 13.1. The summed E-state index contributed by atoms with van der Waals surface area (Å²) in [5.74, 6) is -0.386. The van der Waals surface area contributed by atoms with Crippen molar-refractivity contribution in [2.45, 2.75) is 6.61 Å². The Balaban J connectivity index is 2.77. The first-order valence-corrected chi connectivity index (χ1v) is 3.93. The van der Waals surface area contributed by atoms with Crippen LogP contribution in [0.1, 0.15) is 5.56 Å². The van der Waals surface area contributed by atoms with Crippen LogP contribution in [0.15, 0.2) is 18.3 Å². The molecule has 2 rings (SSSR count). The Morgan fingerprint density at radius 2 is 2.31 bits per heavy atom. The van der Waals surface area contributed by atoms with Gasteiger partial charge in [0, 0.05) is 18.0 Å². The van der Waals surface area contributed by atoms with E-state index in [2.05, 4.69) is 5.10 Å². The fraction of sp³-hybridized carbons (Fsp3) is 0.222. The maximum Gasteiger partial charge on any atom is 0.129 e. The summed E-state index contributed by atoms with van der Waals surface area (Å²) in [4.78, 5) is 0. The van der Waals surface area contributed by atoms with Gasteiger partial charge in [-0.05, 0) is 12.1 Å². The van der Waals surface area contributed by atoms with Gasteiger partial charge >= 0.3 is 0 Å². The van der Waals surface area contributed by atoms with Gasteiger partial charge < -0.3 is 5.11 Å². The molecule has 0 radical (unpaired) electrons. The molecule has 0 amide bonds. The molecule has 0 saturated carbocycles. The molecule has 1 N–H and O–H groups in total. The molecule has 0 spiro atoms. The topological polar surface area (TPSA) is 38.0 Å². The smallest absolute Gasteiger partial charge is 0.129 e. The molecule has 3 nitrogen and oxygen atoms in total. The number of nitrogens with zero attached hydrogens (tertiary/aromatic N) is 2. The van der Waals surface area contributed by atoms with Crippen LogP contribution >= 0.6 is 0 Å². The summed E-state index contributed by atoms with van der Waals surface area (Å²) >= 11 is 0. The molecule has 68 valence electrons. The summed E-state index contributed by atoms with van der Waals surface area (Å²) in [5, 5.41) is 13.6. The lowest BCUT2D eigenvalue weighted by Crippen LogP contribution is -1.93. The first-order valence-electron chi connectivity index (χ1n) is 3.93. The van der Waals surface area contributed by atoms with Crippen molar-refractivity contribution in [3.63, 3.8) is 0 Å². The minimum atomic E-state index is -0.386. The van der Waals surface area contributed by atoms with E-state index >= 15 is 0 Å². The largest absolute Gasteiger partial charge is 0.392 e. The molecule has 0 unspecified atom stereocenters. The number of hydrogen-bond donors (Lipinski definition) is 1. The monoisotopic (exact) mass is 180 g/mol. The van der Waals surface area contributed by atoms with E-state index in [0.717, 1.165) is 10.9 Å². The molecule has 2 aromatic rings. The first kappa shape index (κ1) is 8.19. The molecule has 0 bridgehead atoms. The molecule has 0 atom stereocenters. The lowest BCUT2D eigenvalue weighted by molar-refractivity contribution is 0.276. The molecule has 0 aliphatic heterocycles. The second kappa shape index (κ2) is 2.81. The van der Waals surface area contributed by atoms with Gasteiger partial charge in [0.1, 0.15) is 5.82 Å². The van der Waals surface area contributed by atoms with E-state index in [0.29, 0.717) is 5.56 Å². The van der Waals surface area contributed by atoms with Crippen LogP contribution in [-0.4, -0.2) is 14.9 Å². The fourth-order valence-electron chi connectivity index (χ4n) is 1.34. The van der Waals surface area contributed by atoms with Crippen molar-refractivity contribution in [2.75, 3.05) is 0 Å². The summed E-state index contributed by atoms with van der Waals surface area (Å²) in [6.45, 7) is -0.285. The van der Waals surface area contributed by atoms with E-state index in [1.807, 2.05) is 0 Å². The third kappa shape index (κ3) is 1.19. The standard InChI is InChI=1S/C9H9FN2O/c1-12-9-3-7(5-13)8(10)2-6(9)4-11-12/h2-4,13H,5H2,1H3. The van der Waals surface area contributed by atoms with Crippen molar-refractivity contribution < 1.29 is 9.50 Å². The number of aryl methyl sites for hydroxylation is 1. The van der Waals surface area contributed by atoms with Gasteiger partial charge in [0.05, 0.1) is 18.3 Å². The number of fused-ring (bicyclic) bond motifs is 1. The van der Waals surface area contributed by atoms with Crippen molar-refractivity contribution in [1.82, 2.24) is 9.78 Å². The predicted molar refractivity (Wildman–Crippen MR) is 46.6 cm³/mol. The lowest BCUT2D eigenvalue weighted by atomic mass is 10.1. The number of aromatic nitrogens is 2. The molecule has 4 heteroatoms. The van der Waals surface area contributed by atoms with Gasteiger partial charge in [-0.1, -0.05) is 0 Å². The normalized spacial score (nSPS) is 11.0. The van der Waals surface area contributed by atoms with E-state index in [4.69, 9.17) is 5.11 Å². The highest BCUT2D eigenvalue weighted by Gasteiger charge is 2.06. The van der Waals surface area contributed by atoms with Crippen molar-refractivity contribution in [3.8, 4) is 0 Å². The third-order valence-corrected chi connectivity index (χ3v) is 2.08. The van der Waals surface area contributed by atoms with Crippen LogP contribution in [0.3, 0.4) is 0 Å². The number of halogens is 1. The quantitative estimate of drug-likeness (QED) is 0.716. The molecule has 1 aromatic carbocycles. The van der Waals surface area contributed by atoms with Crippen LogP contribution < -0.4 is 0 Å². The molecule has 1 aromatic heterocycles. The van der Waals surface area contributed by atoms with Crippen molar-refractivity contribution in [1.29, 1.82) is 0 Å². The van der Waals surface area contributed by atoms with Gasteiger partial charge in [0.15, 0.2) is 0 Å². The van der Waals surface area contributed by atoms with Crippen molar-refractivity contribution in [2.24, 2.45) is 7.05 Å². The minimum Gasteiger partial charge on any atom is -0.392 e. The number of rotatable bonds is 1. The number of benzene rings is 1. The molecule has 0 aliphatic carbocycles. The maximum absolute atomic E-state index is 13.1.